The van der Waals surface area contributed by atoms with Crippen LogP contribution in [0.5, 0.6) is 5.75 Å². The molecule has 8 nitrogen and oxygen atoms in total. The first kappa shape index (κ1) is 17.1. The molecule has 1 amide bonds. The van der Waals surface area contributed by atoms with Crippen LogP contribution in [-0.4, -0.2) is 54.1 Å². The maximum atomic E-state index is 11.6. The first-order chi connectivity index (χ1) is 12.5. The van der Waals surface area contributed by atoms with Gasteiger partial charge in [-0.15, -0.1) is 0 Å². The first-order valence-electron chi connectivity index (χ1n) is 9.28. The van der Waals surface area contributed by atoms with Crippen LogP contribution in [0.15, 0.2) is 12.1 Å². The van der Waals surface area contributed by atoms with Crippen LogP contribution in [0.2, 0.25) is 0 Å². The lowest BCUT2D eigenvalue weighted by Gasteiger charge is -2.39. The number of carbonyl (C=O) groups excluding carboxylic acids is 1. The molecule has 0 radical (unpaired) electrons. The van der Waals surface area contributed by atoms with Crippen LogP contribution in [0.3, 0.4) is 0 Å². The minimum absolute atomic E-state index is 0.0351. The summed E-state index contributed by atoms with van der Waals surface area (Å²) in [5.74, 6) is 0.125. The fraction of sp³-hybridized carbons (Fsp3) is 0.611. The third-order valence-electron chi connectivity index (χ3n) is 5.78. The van der Waals surface area contributed by atoms with Crippen molar-refractivity contribution in [2.75, 3.05) is 36.5 Å². The average Bonchev–Trinajstić information content (AvgIpc) is 3.06. The Bertz CT molecular complexity index is 730. The minimum atomic E-state index is -0.371. The van der Waals surface area contributed by atoms with E-state index in [0.717, 1.165) is 32.5 Å². The summed E-state index contributed by atoms with van der Waals surface area (Å²) >= 11 is 0. The molecule has 3 aliphatic heterocycles. The van der Waals surface area contributed by atoms with Crippen LogP contribution in [0.1, 0.15) is 32.6 Å². The van der Waals surface area contributed by atoms with Gasteiger partial charge in [0.05, 0.1) is 16.7 Å². The quantitative estimate of drug-likeness (QED) is 0.658. The summed E-state index contributed by atoms with van der Waals surface area (Å²) in [7, 11) is 0. The highest BCUT2D eigenvalue weighted by molar-refractivity contribution is 5.97. The highest BCUT2D eigenvalue weighted by atomic mass is 16.6. The number of ether oxygens (including phenoxy) is 1. The lowest BCUT2D eigenvalue weighted by molar-refractivity contribution is -0.384. The maximum Gasteiger partial charge on any atom is 0.296 e. The van der Waals surface area contributed by atoms with Gasteiger partial charge in [-0.25, -0.2) is 0 Å². The van der Waals surface area contributed by atoms with Gasteiger partial charge < -0.3 is 15.0 Å². The van der Waals surface area contributed by atoms with Crippen molar-refractivity contribution in [3.63, 3.8) is 0 Å². The van der Waals surface area contributed by atoms with Crippen LogP contribution in [0, 0.1) is 10.1 Å². The number of hydrogen-bond acceptors (Lipinski definition) is 6. The van der Waals surface area contributed by atoms with Gasteiger partial charge in [-0.3, -0.25) is 19.8 Å². The molecule has 2 saturated heterocycles. The van der Waals surface area contributed by atoms with Gasteiger partial charge in [0.2, 0.25) is 0 Å². The number of carbonyl (C=O) groups is 1. The molecular weight excluding hydrogens is 336 g/mol. The van der Waals surface area contributed by atoms with E-state index in [1.807, 2.05) is 0 Å². The Morgan fingerprint density at radius 3 is 2.65 bits per heavy atom. The third-order valence-corrected chi connectivity index (χ3v) is 5.78. The first-order valence-corrected chi connectivity index (χ1v) is 9.28. The summed E-state index contributed by atoms with van der Waals surface area (Å²) in [5.41, 5.74) is 1.11. The summed E-state index contributed by atoms with van der Waals surface area (Å²) in [4.78, 5) is 27.4. The summed E-state index contributed by atoms with van der Waals surface area (Å²) in [6.45, 7) is 4.90. The van der Waals surface area contributed by atoms with Crippen molar-refractivity contribution < 1.29 is 14.5 Å². The number of anilines is 2. The molecule has 4 rings (SSSR count). The smallest absolute Gasteiger partial charge is 0.296 e. The normalized spacial score (nSPS) is 24.1. The Morgan fingerprint density at radius 2 is 2.00 bits per heavy atom. The van der Waals surface area contributed by atoms with E-state index >= 15 is 0 Å². The van der Waals surface area contributed by atoms with E-state index in [9.17, 15) is 14.9 Å². The van der Waals surface area contributed by atoms with Gasteiger partial charge in [0.15, 0.2) is 12.4 Å². The molecule has 0 aliphatic carbocycles. The van der Waals surface area contributed by atoms with E-state index in [1.54, 1.807) is 6.07 Å². The number of amides is 1. The molecule has 1 N–H and O–H groups in total. The van der Waals surface area contributed by atoms with Crippen molar-refractivity contribution in [3.8, 4) is 5.75 Å². The molecule has 0 bridgehead atoms. The Labute approximate surface area is 152 Å². The highest BCUT2D eigenvalue weighted by Gasteiger charge is 2.33. The minimum Gasteiger partial charge on any atom is -0.481 e. The van der Waals surface area contributed by atoms with Gasteiger partial charge in [-0.1, -0.05) is 0 Å². The summed E-state index contributed by atoms with van der Waals surface area (Å²) in [5, 5.41) is 14.3. The van der Waals surface area contributed by atoms with Gasteiger partial charge in [-0.05, 0) is 45.2 Å². The Balaban J connectivity index is 1.55. The van der Waals surface area contributed by atoms with Crippen LogP contribution >= 0.6 is 0 Å². The second-order valence-corrected chi connectivity index (χ2v) is 7.38. The van der Waals surface area contributed by atoms with Gasteiger partial charge in [0.25, 0.3) is 11.6 Å². The maximum absolute atomic E-state index is 11.6. The largest absolute Gasteiger partial charge is 0.481 e. The van der Waals surface area contributed by atoms with Gasteiger partial charge in [0.1, 0.15) is 5.69 Å². The molecular formula is C18H24N4O4. The third kappa shape index (κ3) is 3.09. The van der Waals surface area contributed by atoms with Crippen molar-refractivity contribution in [3.05, 3.63) is 22.2 Å². The topological polar surface area (TPSA) is 88.0 Å². The molecule has 8 heteroatoms. The van der Waals surface area contributed by atoms with Crippen LogP contribution in [0.25, 0.3) is 0 Å². The molecule has 0 saturated carbocycles. The lowest BCUT2D eigenvalue weighted by Crippen LogP contribution is -2.46. The molecule has 0 aromatic heterocycles. The number of nitro benzene ring substituents is 1. The fourth-order valence-corrected chi connectivity index (χ4v) is 4.44. The summed E-state index contributed by atoms with van der Waals surface area (Å²) < 4.78 is 5.32. The number of hydrogen-bond donors (Lipinski definition) is 1. The van der Waals surface area contributed by atoms with Crippen molar-refractivity contribution in [2.24, 2.45) is 0 Å². The number of likely N-dealkylation sites (tertiary alicyclic amines) is 1. The Kier molecular flexibility index (Phi) is 4.44. The zero-order chi connectivity index (χ0) is 18.3. The number of nitrogens with one attached hydrogen (secondary N) is 1. The average molecular weight is 360 g/mol. The van der Waals surface area contributed by atoms with Gasteiger partial charge >= 0.3 is 0 Å². The van der Waals surface area contributed by atoms with E-state index < -0.39 is 0 Å². The molecule has 1 aromatic carbocycles. The number of benzene rings is 1. The van der Waals surface area contributed by atoms with Gasteiger partial charge in [-0.2, -0.15) is 0 Å². The number of rotatable bonds is 3. The summed E-state index contributed by atoms with van der Waals surface area (Å²) in [6.07, 6.45) is 4.52. The highest BCUT2D eigenvalue weighted by Crippen LogP contribution is 2.41. The van der Waals surface area contributed by atoms with Crippen LogP contribution in [0.4, 0.5) is 17.1 Å². The van der Waals surface area contributed by atoms with Crippen molar-refractivity contribution in [1.29, 1.82) is 0 Å². The van der Waals surface area contributed by atoms with Crippen molar-refractivity contribution in [1.82, 2.24) is 4.90 Å². The zero-order valence-corrected chi connectivity index (χ0v) is 14.9. The zero-order valence-electron chi connectivity index (χ0n) is 14.9. The molecule has 140 valence electrons. The van der Waals surface area contributed by atoms with Crippen LogP contribution in [-0.2, 0) is 4.79 Å². The second-order valence-electron chi connectivity index (χ2n) is 7.38. The molecule has 1 unspecified atom stereocenters. The molecule has 1 aromatic rings. The number of nitrogens with zero attached hydrogens (tertiary/aromatic N) is 3. The van der Waals surface area contributed by atoms with Crippen molar-refractivity contribution >= 4 is 23.0 Å². The van der Waals surface area contributed by atoms with Gasteiger partial charge in [0, 0.05) is 25.2 Å². The molecule has 2 fully saturated rings. The molecule has 1 atom stereocenters. The van der Waals surface area contributed by atoms with E-state index in [-0.39, 0.29) is 23.1 Å². The SMILES string of the molecule is CC1CCCN1C1CCN(c2cc3c(cc2[N+](=O)[O-])OCC(=O)N3)CC1. The predicted octanol–water partition coefficient (Wildman–Crippen LogP) is 2.38. The fourth-order valence-electron chi connectivity index (χ4n) is 4.44. The molecule has 3 heterocycles. The monoisotopic (exact) mass is 360 g/mol. The number of piperidine rings is 1. The molecule has 3 aliphatic rings. The van der Waals surface area contributed by atoms with Crippen LogP contribution < -0.4 is 15.0 Å². The molecule has 0 spiro atoms. The van der Waals surface area contributed by atoms with E-state index in [0.29, 0.717) is 29.2 Å². The summed E-state index contributed by atoms with van der Waals surface area (Å²) in [6, 6.07) is 4.31. The number of fused-ring (bicyclic) bond motifs is 1. The van der Waals surface area contributed by atoms with E-state index in [2.05, 4.69) is 22.0 Å². The predicted molar refractivity (Wildman–Crippen MR) is 97.9 cm³/mol. The lowest BCUT2D eigenvalue weighted by atomic mass is 10.0. The van der Waals surface area contributed by atoms with E-state index in [4.69, 9.17) is 4.74 Å². The molecule has 26 heavy (non-hydrogen) atoms. The second kappa shape index (κ2) is 6.75. The van der Waals surface area contributed by atoms with E-state index in [1.165, 1.54) is 18.9 Å². The number of nitro groups is 1. The Morgan fingerprint density at radius 1 is 1.23 bits per heavy atom. The standard InChI is InChI=1S/C18H24N4O4/c1-12-3-2-6-21(12)13-4-7-20(8-5-13)15-9-14-17(10-16(15)22(24)25)26-11-18(23)19-14/h9-10,12-13H,2-8,11H2,1H3,(H,19,23). The Hall–Kier alpha value is -2.35. The van der Waals surface area contributed by atoms with Crippen molar-refractivity contribution in [2.45, 2.75) is 44.7 Å².